The van der Waals surface area contributed by atoms with E-state index in [-0.39, 0.29) is 35.2 Å². The number of rotatable bonds is 8. The van der Waals surface area contributed by atoms with E-state index in [1.54, 1.807) is 6.92 Å². The highest BCUT2D eigenvalue weighted by Crippen LogP contribution is 2.17. The fourth-order valence-corrected chi connectivity index (χ4v) is 3.58. The van der Waals surface area contributed by atoms with Crippen molar-refractivity contribution in [3.63, 3.8) is 0 Å². The molecular weight excluding hydrogens is 383 g/mol. The molecule has 6 nitrogen and oxygen atoms in total. The molecule has 1 atom stereocenters. The third kappa shape index (κ3) is 8.29. The number of carbonyl (C=O) groups is 3. The zero-order chi connectivity index (χ0) is 20.4. The molecule has 0 aromatic heterocycles. The summed E-state index contributed by atoms with van der Waals surface area (Å²) in [4.78, 5) is 35.9. The van der Waals surface area contributed by atoms with Crippen molar-refractivity contribution in [2.45, 2.75) is 57.6 Å². The number of carbonyl (C=O) groups excluding carboxylic acids is 3. The van der Waals surface area contributed by atoms with Gasteiger partial charge in [-0.2, -0.15) is 0 Å². The molecule has 0 unspecified atom stereocenters. The summed E-state index contributed by atoms with van der Waals surface area (Å²) in [6.45, 7) is 1.55. The second-order valence-electron chi connectivity index (χ2n) is 6.88. The second-order valence-corrected chi connectivity index (χ2v) is 7.86. The second kappa shape index (κ2) is 11.7. The van der Waals surface area contributed by atoms with Crippen LogP contribution in [0.4, 0.5) is 10.1 Å². The molecule has 2 N–H and O–H groups in total. The standard InChI is InChI=1S/C20H27FN2O4S/c1-14(20(26)23-16-6-4-2-3-5-7-16)27-19(25)13-28-12-18(24)22-17-10-8-15(21)9-11-17/h8-11,14,16H,2-7,12-13H2,1H3,(H,22,24)(H,23,26)/t14-/m1/s1. The number of hydrogen-bond acceptors (Lipinski definition) is 5. The minimum absolute atomic E-state index is 0.0299. The van der Waals surface area contributed by atoms with Gasteiger partial charge in [-0.15, -0.1) is 11.8 Å². The lowest BCUT2D eigenvalue weighted by molar-refractivity contribution is -0.152. The summed E-state index contributed by atoms with van der Waals surface area (Å²) >= 11 is 1.09. The smallest absolute Gasteiger partial charge is 0.316 e. The van der Waals surface area contributed by atoms with Gasteiger partial charge in [0.05, 0.1) is 11.5 Å². The quantitative estimate of drug-likeness (QED) is 0.508. The van der Waals surface area contributed by atoms with Crippen LogP contribution in [0.25, 0.3) is 0 Å². The maximum Gasteiger partial charge on any atom is 0.316 e. The molecule has 8 heteroatoms. The molecule has 1 aromatic rings. The molecule has 0 bridgehead atoms. The maximum atomic E-state index is 12.8. The van der Waals surface area contributed by atoms with Gasteiger partial charge in [0.25, 0.3) is 5.91 Å². The van der Waals surface area contributed by atoms with E-state index in [1.165, 1.54) is 37.1 Å². The maximum absolute atomic E-state index is 12.8. The molecule has 2 rings (SSSR count). The van der Waals surface area contributed by atoms with Gasteiger partial charge < -0.3 is 15.4 Å². The molecule has 0 saturated heterocycles. The predicted molar refractivity (Wildman–Crippen MR) is 108 cm³/mol. The zero-order valence-electron chi connectivity index (χ0n) is 16.0. The molecule has 1 aliphatic carbocycles. The Labute approximate surface area is 169 Å². The van der Waals surface area contributed by atoms with Crippen LogP contribution in [0, 0.1) is 5.82 Å². The highest BCUT2D eigenvalue weighted by molar-refractivity contribution is 8.00. The number of nitrogens with one attached hydrogen (secondary N) is 2. The Hall–Kier alpha value is -2.09. The van der Waals surface area contributed by atoms with Gasteiger partial charge in [0.2, 0.25) is 5.91 Å². The molecule has 1 saturated carbocycles. The Morgan fingerprint density at radius 2 is 1.75 bits per heavy atom. The van der Waals surface area contributed by atoms with Crippen molar-refractivity contribution in [1.29, 1.82) is 0 Å². The van der Waals surface area contributed by atoms with Gasteiger partial charge in [0, 0.05) is 11.7 Å². The van der Waals surface area contributed by atoms with E-state index in [0.29, 0.717) is 5.69 Å². The van der Waals surface area contributed by atoms with Crippen molar-refractivity contribution in [3.8, 4) is 0 Å². The summed E-state index contributed by atoms with van der Waals surface area (Å²) in [5.41, 5.74) is 0.485. The SMILES string of the molecule is C[C@@H](OC(=O)CSCC(=O)Nc1ccc(F)cc1)C(=O)NC1CCCCCC1. The van der Waals surface area contributed by atoms with E-state index in [9.17, 15) is 18.8 Å². The van der Waals surface area contributed by atoms with Gasteiger partial charge in [0.15, 0.2) is 6.10 Å². The number of ether oxygens (including phenoxy) is 1. The van der Waals surface area contributed by atoms with Gasteiger partial charge in [-0.1, -0.05) is 25.7 Å². The van der Waals surface area contributed by atoms with Gasteiger partial charge in [-0.25, -0.2) is 4.39 Å². The highest BCUT2D eigenvalue weighted by Gasteiger charge is 2.21. The number of thioether (sulfide) groups is 1. The lowest BCUT2D eigenvalue weighted by Crippen LogP contribution is -2.42. The Bertz CT molecular complexity index is 661. The Morgan fingerprint density at radius 3 is 2.39 bits per heavy atom. The van der Waals surface area contributed by atoms with Crippen LogP contribution < -0.4 is 10.6 Å². The van der Waals surface area contributed by atoms with Crippen LogP contribution in [0.2, 0.25) is 0 Å². The molecule has 0 spiro atoms. The number of halogens is 1. The Balaban J connectivity index is 1.63. The van der Waals surface area contributed by atoms with Gasteiger partial charge in [-0.05, 0) is 44.0 Å². The molecule has 1 aromatic carbocycles. The fraction of sp³-hybridized carbons (Fsp3) is 0.550. The number of hydrogen-bond donors (Lipinski definition) is 2. The summed E-state index contributed by atoms with van der Waals surface area (Å²) in [5, 5.41) is 5.57. The van der Waals surface area contributed by atoms with Gasteiger partial charge >= 0.3 is 5.97 Å². The molecule has 1 fully saturated rings. The molecule has 154 valence electrons. The van der Waals surface area contributed by atoms with E-state index in [1.807, 2.05) is 0 Å². The molecule has 28 heavy (non-hydrogen) atoms. The third-order valence-electron chi connectivity index (χ3n) is 4.46. The van der Waals surface area contributed by atoms with E-state index in [4.69, 9.17) is 4.74 Å². The van der Waals surface area contributed by atoms with Crippen LogP contribution in [0.1, 0.15) is 45.4 Å². The topological polar surface area (TPSA) is 84.5 Å². The number of amides is 2. The van der Waals surface area contributed by atoms with Crippen molar-refractivity contribution in [2.24, 2.45) is 0 Å². The molecule has 2 amide bonds. The van der Waals surface area contributed by atoms with Crippen LogP contribution in [-0.4, -0.2) is 41.4 Å². The van der Waals surface area contributed by atoms with E-state index < -0.39 is 12.1 Å². The summed E-state index contributed by atoms with van der Waals surface area (Å²) in [6.07, 6.45) is 5.68. The van der Waals surface area contributed by atoms with Crippen LogP contribution in [0.3, 0.4) is 0 Å². The average Bonchev–Trinajstić information content (AvgIpc) is 2.92. The molecule has 0 heterocycles. The first kappa shape index (κ1) is 22.2. The van der Waals surface area contributed by atoms with Gasteiger partial charge in [0.1, 0.15) is 5.82 Å². The average molecular weight is 411 g/mol. The largest absolute Gasteiger partial charge is 0.452 e. The molecular formula is C20H27FN2O4S. The predicted octanol–water partition coefficient (Wildman–Crippen LogP) is 3.27. The molecule has 1 aliphatic rings. The number of esters is 1. The molecule has 0 radical (unpaired) electrons. The summed E-state index contributed by atoms with van der Waals surface area (Å²) < 4.78 is 18.0. The van der Waals surface area contributed by atoms with Gasteiger partial charge in [-0.3, -0.25) is 14.4 Å². The summed E-state index contributed by atoms with van der Waals surface area (Å²) in [6, 6.07) is 5.57. The molecule has 0 aliphatic heterocycles. The van der Waals surface area contributed by atoms with Crippen LogP contribution >= 0.6 is 11.8 Å². The lowest BCUT2D eigenvalue weighted by atomic mass is 10.1. The number of benzene rings is 1. The van der Waals surface area contributed by atoms with Crippen molar-refractivity contribution in [1.82, 2.24) is 5.32 Å². The van der Waals surface area contributed by atoms with Crippen LogP contribution in [-0.2, 0) is 19.1 Å². The van der Waals surface area contributed by atoms with Crippen molar-refractivity contribution < 1.29 is 23.5 Å². The highest BCUT2D eigenvalue weighted by atomic mass is 32.2. The van der Waals surface area contributed by atoms with Crippen LogP contribution in [0.5, 0.6) is 0 Å². The first-order valence-corrected chi connectivity index (χ1v) is 10.7. The summed E-state index contributed by atoms with van der Waals surface area (Å²) in [5.74, 6) is -1.48. The monoisotopic (exact) mass is 410 g/mol. The normalized spacial score (nSPS) is 15.9. The van der Waals surface area contributed by atoms with Crippen molar-refractivity contribution in [3.05, 3.63) is 30.1 Å². The van der Waals surface area contributed by atoms with E-state index in [2.05, 4.69) is 10.6 Å². The first-order chi connectivity index (χ1) is 13.4. The lowest BCUT2D eigenvalue weighted by Gasteiger charge is -2.19. The third-order valence-corrected chi connectivity index (χ3v) is 5.37. The zero-order valence-corrected chi connectivity index (χ0v) is 16.9. The van der Waals surface area contributed by atoms with E-state index in [0.717, 1.165) is 37.4 Å². The van der Waals surface area contributed by atoms with Crippen molar-refractivity contribution in [2.75, 3.05) is 16.8 Å². The van der Waals surface area contributed by atoms with Crippen LogP contribution in [0.15, 0.2) is 24.3 Å². The minimum atomic E-state index is -0.857. The Morgan fingerprint density at radius 1 is 1.11 bits per heavy atom. The fourth-order valence-electron chi connectivity index (χ4n) is 2.98. The minimum Gasteiger partial charge on any atom is -0.452 e. The van der Waals surface area contributed by atoms with Crippen molar-refractivity contribution >= 4 is 35.2 Å². The first-order valence-electron chi connectivity index (χ1n) is 9.57. The van der Waals surface area contributed by atoms with E-state index >= 15 is 0 Å². The number of anilines is 1. The Kier molecular flexibility index (Phi) is 9.27. The summed E-state index contributed by atoms with van der Waals surface area (Å²) in [7, 11) is 0.